The largest absolute Gasteiger partial charge is 0.480 e. The van der Waals surface area contributed by atoms with Gasteiger partial charge in [0.25, 0.3) is 0 Å². The Hall–Kier alpha value is -2.22. The van der Waals surface area contributed by atoms with E-state index in [0.717, 1.165) is 0 Å². The van der Waals surface area contributed by atoms with Gasteiger partial charge in [0.2, 0.25) is 5.82 Å². The Morgan fingerprint density at radius 2 is 2.37 bits per heavy atom. The summed E-state index contributed by atoms with van der Waals surface area (Å²) < 4.78 is 0. The molecule has 1 aromatic rings. The second kappa shape index (κ2) is 4.47. The van der Waals surface area contributed by atoms with E-state index in [0.29, 0.717) is 12.1 Å². The van der Waals surface area contributed by atoms with E-state index in [2.05, 4.69) is 4.98 Å². The van der Waals surface area contributed by atoms with Crippen LogP contribution >= 0.6 is 0 Å². The number of carboxylic acids is 1. The minimum absolute atomic E-state index is 0.0131. The summed E-state index contributed by atoms with van der Waals surface area (Å²) in [4.78, 5) is 27.2. The Kier molecular flexibility index (Phi) is 3.11. The van der Waals surface area contributed by atoms with Gasteiger partial charge in [-0.15, -0.1) is 0 Å². The smallest absolute Gasteiger partial charge is 0.325 e. The van der Waals surface area contributed by atoms with Crippen LogP contribution in [-0.2, 0) is 4.79 Å². The van der Waals surface area contributed by atoms with E-state index in [1.807, 2.05) is 0 Å². The van der Waals surface area contributed by atoms with Crippen LogP contribution in [0.15, 0.2) is 12.3 Å². The molecule has 19 heavy (non-hydrogen) atoms. The van der Waals surface area contributed by atoms with Gasteiger partial charge in [0.1, 0.15) is 5.54 Å². The highest BCUT2D eigenvalue weighted by molar-refractivity contribution is 5.81. The zero-order valence-corrected chi connectivity index (χ0v) is 10.4. The van der Waals surface area contributed by atoms with Gasteiger partial charge in [-0.3, -0.25) is 14.9 Å². The van der Waals surface area contributed by atoms with E-state index in [1.54, 1.807) is 11.8 Å². The van der Waals surface area contributed by atoms with Gasteiger partial charge < -0.3 is 15.7 Å². The molecule has 0 radical (unpaired) electrons. The van der Waals surface area contributed by atoms with Crippen LogP contribution in [0.3, 0.4) is 0 Å². The van der Waals surface area contributed by atoms with Crippen LogP contribution in [0.5, 0.6) is 0 Å². The number of carbonyl (C=O) groups is 1. The molecule has 0 bridgehead atoms. The first kappa shape index (κ1) is 13.2. The number of anilines is 1. The number of carboxylic acid groups (broad SMARTS) is 1. The Labute approximate surface area is 109 Å². The lowest BCUT2D eigenvalue weighted by Gasteiger charge is -2.20. The lowest BCUT2D eigenvalue weighted by atomic mass is 10.0. The van der Waals surface area contributed by atoms with Gasteiger partial charge in [-0.05, 0) is 18.9 Å². The Morgan fingerprint density at radius 3 is 2.89 bits per heavy atom. The predicted molar refractivity (Wildman–Crippen MR) is 67.0 cm³/mol. The molecule has 1 aromatic heterocycles. The molecule has 1 aliphatic heterocycles. The van der Waals surface area contributed by atoms with Crippen molar-refractivity contribution in [3.8, 4) is 0 Å². The first-order valence-electron chi connectivity index (χ1n) is 5.72. The van der Waals surface area contributed by atoms with E-state index >= 15 is 0 Å². The molecule has 2 heterocycles. The van der Waals surface area contributed by atoms with Gasteiger partial charge in [-0.2, -0.15) is 0 Å². The van der Waals surface area contributed by atoms with E-state index in [9.17, 15) is 14.9 Å². The molecule has 1 atom stereocenters. The quantitative estimate of drug-likeness (QED) is 0.595. The maximum Gasteiger partial charge on any atom is 0.325 e. The number of rotatable bonds is 3. The number of nitrogens with two attached hydrogens (primary N) is 1. The minimum Gasteiger partial charge on any atom is -0.480 e. The molecule has 0 spiro atoms. The third-order valence-corrected chi connectivity index (χ3v) is 3.21. The topological polar surface area (TPSA) is 123 Å². The van der Waals surface area contributed by atoms with Crippen LogP contribution in [0.1, 0.15) is 12.0 Å². The molecule has 1 unspecified atom stereocenters. The summed E-state index contributed by atoms with van der Waals surface area (Å²) in [5, 5.41) is 20.1. The number of aromatic nitrogens is 1. The molecule has 102 valence electrons. The summed E-state index contributed by atoms with van der Waals surface area (Å²) in [5.74, 6) is -0.936. The predicted octanol–water partition coefficient (Wildman–Crippen LogP) is 0.290. The Balaban J connectivity index is 2.34. The van der Waals surface area contributed by atoms with Crippen molar-refractivity contribution in [2.45, 2.75) is 18.9 Å². The number of hydrogen-bond acceptors (Lipinski definition) is 6. The molecule has 2 rings (SSSR count). The lowest BCUT2D eigenvalue weighted by molar-refractivity contribution is -0.384. The summed E-state index contributed by atoms with van der Waals surface area (Å²) in [6.07, 6.45) is 1.74. The van der Waals surface area contributed by atoms with E-state index in [4.69, 9.17) is 10.8 Å². The number of aliphatic carboxylic acids is 1. The minimum atomic E-state index is -1.37. The van der Waals surface area contributed by atoms with Gasteiger partial charge in [0.05, 0.1) is 4.92 Å². The third-order valence-electron chi connectivity index (χ3n) is 3.21. The molecule has 3 N–H and O–H groups in total. The van der Waals surface area contributed by atoms with Crippen molar-refractivity contribution in [3.05, 3.63) is 27.9 Å². The first-order chi connectivity index (χ1) is 8.83. The summed E-state index contributed by atoms with van der Waals surface area (Å²) >= 11 is 0. The summed E-state index contributed by atoms with van der Waals surface area (Å²) in [7, 11) is 0. The summed E-state index contributed by atoms with van der Waals surface area (Å²) in [6, 6.07) is 1.42. The fourth-order valence-corrected chi connectivity index (χ4v) is 2.11. The molecule has 8 nitrogen and oxygen atoms in total. The fourth-order valence-electron chi connectivity index (χ4n) is 2.11. The number of pyridine rings is 1. The SMILES string of the molecule is Cc1cnc(N2CCC(N)(C(=O)O)C2)c([N+](=O)[O-])c1. The fraction of sp³-hybridized carbons (Fsp3) is 0.455. The normalized spacial score (nSPS) is 22.5. The van der Waals surface area contributed by atoms with Gasteiger partial charge in [0.15, 0.2) is 0 Å². The van der Waals surface area contributed by atoms with Crippen molar-refractivity contribution in [2.24, 2.45) is 5.73 Å². The van der Waals surface area contributed by atoms with Crippen LogP contribution in [0, 0.1) is 17.0 Å². The standard InChI is InChI=1S/C11H14N4O4/c1-7-4-8(15(18)19)9(13-5-7)14-3-2-11(12,6-14)10(16)17/h4-5H,2-3,6,12H2,1H3,(H,16,17). The van der Waals surface area contributed by atoms with Gasteiger partial charge in [-0.25, -0.2) is 4.98 Å². The molecule has 8 heteroatoms. The van der Waals surface area contributed by atoms with Crippen LogP contribution in [0.2, 0.25) is 0 Å². The number of aryl methyl sites for hydroxylation is 1. The van der Waals surface area contributed by atoms with E-state index in [-0.39, 0.29) is 24.5 Å². The Morgan fingerprint density at radius 1 is 1.68 bits per heavy atom. The molecule has 1 fully saturated rings. The summed E-state index contributed by atoms with van der Waals surface area (Å²) in [5.41, 5.74) is 4.92. The molecule has 0 aromatic carbocycles. The molecule has 0 saturated carbocycles. The van der Waals surface area contributed by atoms with Crippen molar-refractivity contribution in [2.75, 3.05) is 18.0 Å². The molecule has 1 aliphatic rings. The molecular weight excluding hydrogens is 252 g/mol. The summed E-state index contributed by atoms with van der Waals surface area (Å²) in [6.45, 7) is 2.05. The second-order valence-electron chi connectivity index (χ2n) is 4.75. The average Bonchev–Trinajstić information content (AvgIpc) is 2.73. The third kappa shape index (κ3) is 2.34. The molecule has 1 saturated heterocycles. The van der Waals surface area contributed by atoms with Crippen LogP contribution in [0.25, 0.3) is 0 Å². The zero-order chi connectivity index (χ0) is 14.2. The van der Waals surface area contributed by atoms with Crippen molar-refractivity contribution >= 4 is 17.5 Å². The lowest BCUT2D eigenvalue weighted by Crippen LogP contribution is -2.50. The number of nitro groups is 1. The highest BCUT2D eigenvalue weighted by Gasteiger charge is 2.43. The second-order valence-corrected chi connectivity index (χ2v) is 4.75. The monoisotopic (exact) mass is 266 g/mol. The molecular formula is C11H14N4O4. The first-order valence-corrected chi connectivity index (χ1v) is 5.72. The molecule has 0 amide bonds. The highest BCUT2D eigenvalue weighted by atomic mass is 16.6. The van der Waals surface area contributed by atoms with Crippen LogP contribution < -0.4 is 10.6 Å². The van der Waals surface area contributed by atoms with Crippen molar-refractivity contribution in [3.63, 3.8) is 0 Å². The van der Waals surface area contributed by atoms with E-state index < -0.39 is 16.4 Å². The van der Waals surface area contributed by atoms with Gasteiger partial charge in [0, 0.05) is 25.4 Å². The number of nitrogens with zero attached hydrogens (tertiary/aromatic N) is 3. The van der Waals surface area contributed by atoms with Gasteiger partial charge >= 0.3 is 11.7 Å². The van der Waals surface area contributed by atoms with Crippen molar-refractivity contribution in [1.29, 1.82) is 0 Å². The average molecular weight is 266 g/mol. The van der Waals surface area contributed by atoms with Crippen LogP contribution in [-0.4, -0.2) is 39.6 Å². The van der Waals surface area contributed by atoms with Crippen LogP contribution in [0.4, 0.5) is 11.5 Å². The van der Waals surface area contributed by atoms with Gasteiger partial charge in [-0.1, -0.05) is 0 Å². The zero-order valence-electron chi connectivity index (χ0n) is 10.4. The maximum atomic E-state index is 11.1. The Bertz CT molecular complexity index is 547. The maximum absolute atomic E-state index is 11.1. The van der Waals surface area contributed by atoms with Crippen molar-refractivity contribution < 1.29 is 14.8 Å². The molecule has 0 aliphatic carbocycles. The highest BCUT2D eigenvalue weighted by Crippen LogP contribution is 2.31. The van der Waals surface area contributed by atoms with Crippen molar-refractivity contribution in [1.82, 2.24) is 4.98 Å². The number of hydrogen-bond donors (Lipinski definition) is 2. The van der Waals surface area contributed by atoms with E-state index in [1.165, 1.54) is 12.3 Å².